The minimum Gasteiger partial charge on any atom is -0.288 e. The van der Waals surface area contributed by atoms with Crippen LogP contribution < -0.4 is 4.90 Å². The molecule has 1 unspecified atom stereocenters. The molecule has 3 rings (SSSR count). The number of rotatable bonds is 1. The number of allylic oxidation sites excluding steroid dienone is 4. The van der Waals surface area contributed by atoms with Gasteiger partial charge in [0.25, 0.3) is 5.91 Å². The smallest absolute Gasteiger partial charge is 0.288 e. The van der Waals surface area contributed by atoms with Crippen LogP contribution in [0.3, 0.4) is 0 Å². The number of fused-ring (bicyclic) bond motifs is 1. The van der Waals surface area contributed by atoms with E-state index in [0.717, 1.165) is 0 Å². The molecule has 1 amide bonds. The molecule has 90 valence electrons. The fourth-order valence-electron chi connectivity index (χ4n) is 2.32. The van der Waals surface area contributed by atoms with E-state index in [1.54, 1.807) is 6.08 Å². The number of hydrogen-bond donors (Lipinski definition) is 0. The Labute approximate surface area is 103 Å². The molecule has 1 aromatic rings. The maximum Gasteiger partial charge on any atom is 0.299 e. The van der Waals surface area contributed by atoms with Gasteiger partial charge in [0.1, 0.15) is 5.82 Å². The maximum atomic E-state index is 12.9. The quantitative estimate of drug-likeness (QED) is 0.709. The fraction of sp³-hybridized carbons (Fsp3) is 0.143. The van der Waals surface area contributed by atoms with Gasteiger partial charge in [-0.2, -0.15) is 0 Å². The summed E-state index contributed by atoms with van der Waals surface area (Å²) in [4.78, 5) is 25.2. The molecule has 0 aromatic heterocycles. The summed E-state index contributed by atoms with van der Waals surface area (Å²) in [6.07, 6.45) is 6.01. The zero-order chi connectivity index (χ0) is 12.7. The summed E-state index contributed by atoms with van der Waals surface area (Å²) in [7, 11) is 0. The summed E-state index contributed by atoms with van der Waals surface area (Å²) < 4.78 is 12.9. The third-order valence-electron chi connectivity index (χ3n) is 3.21. The fourth-order valence-corrected chi connectivity index (χ4v) is 2.32. The summed E-state index contributed by atoms with van der Waals surface area (Å²) in [6, 6.07) is 5.56. The molecule has 18 heavy (non-hydrogen) atoms. The SMILES string of the molecule is O=C1C(=O)N(c2ccc(F)cc2)C2=CC=CCC12. The van der Waals surface area contributed by atoms with E-state index >= 15 is 0 Å². The number of ketones is 1. The first-order valence-corrected chi connectivity index (χ1v) is 5.69. The molecule has 3 nitrogen and oxygen atoms in total. The highest BCUT2D eigenvalue weighted by atomic mass is 19.1. The van der Waals surface area contributed by atoms with Gasteiger partial charge < -0.3 is 0 Å². The largest absolute Gasteiger partial charge is 0.299 e. The Kier molecular flexibility index (Phi) is 2.37. The molecular formula is C14H10FNO2. The van der Waals surface area contributed by atoms with Crippen molar-refractivity contribution in [3.63, 3.8) is 0 Å². The molecule has 0 saturated carbocycles. The van der Waals surface area contributed by atoms with Crippen molar-refractivity contribution in [3.05, 3.63) is 54.0 Å². The zero-order valence-corrected chi connectivity index (χ0v) is 9.47. The first kappa shape index (κ1) is 10.9. The van der Waals surface area contributed by atoms with Crippen molar-refractivity contribution >= 4 is 17.4 Å². The molecule has 1 saturated heterocycles. The molecule has 1 fully saturated rings. The summed E-state index contributed by atoms with van der Waals surface area (Å²) in [5, 5.41) is 0. The number of Topliss-reactive ketones (excluding diaryl/α,β-unsaturated/α-hetero) is 1. The molecule has 0 radical (unpaired) electrons. The van der Waals surface area contributed by atoms with Gasteiger partial charge in [0.15, 0.2) is 0 Å². The van der Waals surface area contributed by atoms with Crippen molar-refractivity contribution in [2.24, 2.45) is 5.92 Å². The van der Waals surface area contributed by atoms with Crippen molar-refractivity contribution in [2.45, 2.75) is 6.42 Å². The number of benzene rings is 1. The van der Waals surface area contributed by atoms with Crippen LogP contribution in [0.15, 0.2) is 48.2 Å². The van der Waals surface area contributed by atoms with Crippen LogP contribution in [-0.4, -0.2) is 11.7 Å². The predicted octanol–water partition coefficient (Wildman–Crippen LogP) is 2.20. The Balaban J connectivity index is 2.07. The third kappa shape index (κ3) is 1.49. The Hall–Kier alpha value is -2.23. The van der Waals surface area contributed by atoms with Crippen molar-refractivity contribution in [2.75, 3.05) is 4.90 Å². The van der Waals surface area contributed by atoms with Crippen LogP contribution in [-0.2, 0) is 9.59 Å². The zero-order valence-electron chi connectivity index (χ0n) is 9.47. The number of carbonyl (C=O) groups is 2. The lowest BCUT2D eigenvalue weighted by molar-refractivity contribution is -0.135. The standard InChI is InChI=1S/C14H10FNO2/c15-9-5-7-10(8-6-9)16-12-4-2-1-3-11(12)13(17)14(16)18/h1-2,4-8,11H,3H2. The highest BCUT2D eigenvalue weighted by molar-refractivity contribution is 6.46. The molecule has 0 bridgehead atoms. The summed E-state index contributed by atoms with van der Waals surface area (Å²) in [5.74, 6) is -1.69. The minimum atomic E-state index is -0.540. The summed E-state index contributed by atoms with van der Waals surface area (Å²) >= 11 is 0. The molecular weight excluding hydrogens is 233 g/mol. The second kappa shape index (κ2) is 3.91. The lowest BCUT2D eigenvalue weighted by Gasteiger charge is -2.20. The van der Waals surface area contributed by atoms with E-state index in [4.69, 9.17) is 0 Å². The predicted molar refractivity (Wildman–Crippen MR) is 64.2 cm³/mol. The van der Waals surface area contributed by atoms with Gasteiger partial charge in [-0.1, -0.05) is 12.2 Å². The van der Waals surface area contributed by atoms with Gasteiger partial charge in [-0.3, -0.25) is 14.5 Å². The number of nitrogens with zero attached hydrogens (tertiary/aromatic N) is 1. The van der Waals surface area contributed by atoms with E-state index in [0.29, 0.717) is 17.8 Å². The molecule has 0 N–H and O–H groups in total. The highest BCUT2D eigenvalue weighted by Gasteiger charge is 2.43. The number of halogens is 1. The van der Waals surface area contributed by atoms with Crippen LogP contribution in [0.5, 0.6) is 0 Å². The van der Waals surface area contributed by atoms with Gasteiger partial charge >= 0.3 is 0 Å². The molecule has 2 aliphatic rings. The van der Waals surface area contributed by atoms with E-state index < -0.39 is 11.7 Å². The summed E-state index contributed by atoms with van der Waals surface area (Å²) in [5.41, 5.74) is 1.21. The van der Waals surface area contributed by atoms with Gasteiger partial charge in [0.05, 0.1) is 5.92 Å². The first-order valence-electron chi connectivity index (χ1n) is 5.69. The average molecular weight is 243 g/mol. The Morgan fingerprint density at radius 3 is 2.61 bits per heavy atom. The molecule has 1 aromatic carbocycles. The van der Waals surface area contributed by atoms with E-state index in [2.05, 4.69) is 0 Å². The average Bonchev–Trinajstić information content (AvgIpc) is 2.64. The number of amides is 1. The number of hydrogen-bond acceptors (Lipinski definition) is 2. The second-order valence-electron chi connectivity index (χ2n) is 4.29. The molecule has 4 heteroatoms. The summed E-state index contributed by atoms with van der Waals surface area (Å²) in [6.45, 7) is 0. The Morgan fingerprint density at radius 1 is 1.17 bits per heavy atom. The van der Waals surface area contributed by atoms with Crippen molar-refractivity contribution in [1.29, 1.82) is 0 Å². The van der Waals surface area contributed by atoms with Gasteiger partial charge in [0.2, 0.25) is 5.78 Å². The van der Waals surface area contributed by atoms with Gasteiger partial charge in [-0.05, 0) is 36.8 Å². The molecule has 1 aliphatic carbocycles. The van der Waals surface area contributed by atoms with E-state index in [1.165, 1.54) is 29.2 Å². The second-order valence-corrected chi connectivity index (χ2v) is 4.29. The number of carbonyl (C=O) groups excluding carboxylic acids is 2. The lowest BCUT2D eigenvalue weighted by Crippen LogP contribution is -2.25. The van der Waals surface area contributed by atoms with Crippen LogP contribution in [0, 0.1) is 11.7 Å². The van der Waals surface area contributed by atoms with Crippen molar-refractivity contribution < 1.29 is 14.0 Å². The maximum absolute atomic E-state index is 12.9. The molecule has 1 aliphatic heterocycles. The van der Waals surface area contributed by atoms with Crippen LogP contribution >= 0.6 is 0 Å². The van der Waals surface area contributed by atoms with Crippen LogP contribution in [0.1, 0.15) is 6.42 Å². The van der Waals surface area contributed by atoms with E-state index in [9.17, 15) is 14.0 Å². The molecule has 1 atom stereocenters. The van der Waals surface area contributed by atoms with Crippen LogP contribution in [0.2, 0.25) is 0 Å². The minimum absolute atomic E-state index is 0.370. The van der Waals surface area contributed by atoms with E-state index in [1.807, 2.05) is 12.2 Å². The van der Waals surface area contributed by atoms with Gasteiger partial charge in [-0.25, -0.2) is 4.39 Å². The van der Waals surface area contributed by atoms with Crippen LogP contribution in [0.25, 0.3) is 0 Å². The Bertz CT molecular complexity index is 586. The van der Waals surface area contributed by atoms with Crippen molar-refractivity contribution in [3.8, 4) is 0 Å². The van der Waals surface area contributed by atoms with Crippen LogP contribution in [0.4, 0.5) is 10.1 Å². The van der Waals surface area contributed by atoms with Crippen molar-refractivity contribution in [1.82, 2.24) is 0 Å². The van der Waals surface area contributed by atoms with E-state index in [-0.39, 0.29) is 11.7 Å². The van der Waals surface area contributed by atoms with Gasteiger partial charge in [0, 0.05) is 11.4 Å². The number of anilines is 1. The Morgan fingerprint density at radius 2 is 1.89 bits per heavy atom. The van der Waals surface area contributed by atoms with Gasteiger partial charge in [-0.15, -0.1) is 0 Å². The first-order chi connectivity index (χ1) is 8.68. The topological polar surface area (TPSA) is 37.4 Å². The third-order valence-corrected chi connectivity index (χ3v) is 3.21. The lowest BCUT2D eigenvalue weighted by atomic mass is 9.96. The molecule has 0 spiro atoms. The normalized spacial score (nSPS) is 22.2. The monoisotopic (exact) mass is 243 g/mol. The highest BCUT2D eigenvalue weighted by Crippen LogP contribution is 2.35. The molecule has 1 heterocycles.